The van der Waals surface area contributed by atoms with Crippen LogP contribution >= 0.6 is 0 Å². The predicted molar refractivity (Wildman–Crippen MR) is 52.6 cm³/mol. The molecule has 0 amide bonds. The van der Waals surface area contributed by atoms with Crippen LogP contribution in [0.2, 0.25) is 0 Å². The SMILES string of the molecule is CC(C)CC1CCCN1/C(N)=N/O. The lowest BCUT2D eigenvalue weighted by Crippen LogP contribution is -2.41. The molecule has 1 fully saturated rings. The second kappa shape index (κ2) is 4.35. The van der Waals surface area contributed by atoms with E-state index in [2.05, 4.69) is 19.0 Å². The number of likely N-dealkylation sites (tertiary alicyclic amines) is 1. The molecule has 1 unspecified atom stereocenters. The van der Waals surface area contributed by atoms with Crippen molar-refractivity contribution in [1.29, 1.82) is 0 Å². The number of hydrogen-bond donors (Lipinski definition) is 2. The van der Waals surface area contributed by atoms with Gasteiger partial charge in [-0.25, -0.2) is 0 Å². The van der Waals surface area contributed by atoms with Crippen molar-refractivity contribution in [2.45, 2.75) is 39.2 Å². The first kappa shape index (κ1) is 10.2. The van der Waals surface area contributed by atoms with Gasteiger partial charge in [-0.15, -0.1) is 0 Å². The zero-order chi connectivity index (χ0) is 9.84. The van der Waals surface area contributed by atoms with E-state index in [9.17, 15) is 0 Å². The average Bonchev–Trinajstić information content (AvgIpc) is 2.50. The Morgan fingerprint density at radius 3 is 2.92 bits per heavy atom. The Balaban J connectivity index is 2.53. The Bertz CT molecular complexity index is 191. The lowest BCUT2D eigenvalue weighted by atomic mass is 10.0. The van der Waals surface area contributed by atoms with Gasteiger partial charge in [0.1, 0.15) is 0 Å². The number of oxime groups is 1. The molecule has 1 aliphatic heterocycles. The maximum Gasteiger partial charge on any atom is 0.233 e. The summed E-state index contributed by atoms with van der Waals surface area (Å²) in [5, 5.41) is 11.6. The number of nitrogens with two attached hydrogens (primary N) is 1. The minimum absolute atomic E-state index is 0.267. The van der Waals surface area contributed by atoms with Gasteiger partial charge in [-0.2, -0.15) is 0 Å². The predicted octanol–water partition coefficient (Wildman–Crippen LogP) is 1.20. The van der Waals surface area contributed by atoms with E-state index in [1.807, 2.05) is 4.90 Å². The van der Waals surface area contributed by atoms with E-state index in [1.54, 1.807) is 0 Å². The van der Waals surface area contributed by atoms with Gasteiger partial charge >= 0.3 is 0 Å². The minimum atomic E-state index is 0.267. The molecule has 0 aromatic carbocycles. The van der Waals surface area contributed by atoms with Crippen LogP contribution in [-0.4, -0.2) is 28.7 Å². The number of guanidine groups is 1. The molecule has 0 saturated carbocycles. The smallest absolute Gasteiger partial charge is 0.233 e. The topological polar surface area (TPSA) is 61.8 Å². The van der Waals surface area contributed by atoms with E-state index in [1.165, 1.54) is 0 Å². The summed E-state index contributed by atoms with van der Waals surface area (Å²) in [6.45, 7) is 5.32. The van der Waals surface area contributed by atoms with Crippen LogP contribution in [0.15, 0.2) is 5.16 Å². The first-order valence-electron chi connectivity index (χ1n) is 4.89. The van der Waals surface area contributed by atoms with Gasteiger partial charge in [0.25, 0.3) is 0 Å². The molecule has 0 aromatic heterocycles. The molecule has 13 heavy (non-hydrogen) atoms. The van der Waals surface area contributed by atoms with Crippen molar-refractivity contribution < 1.29 is 5.21 Å². The highest BCUT2D eigenvalue weighted by Crippen LogP contribution is 2.22. The second-order valence-corrected chi connectivity index (χ2v) is 4.08. The molecule has 0 radical (unpaired) electrons. The monoisotopic (exact) mass is 185 g/mol. The van der Waals surface area contributed by atoms with Crippen LogP contribution in [0.25, 0.3) is 0 Å². The maximum absolute atomic E-state index is 8.57. The molecule has 0 aromatic rings. The van der Waals surface area contributed by atoms with Crippen molar-refractivity contribution in [3.63, 3.8) is 0 Å². The third-order valence-corrected chi connectivity index (χ3v) is 2.52. The third-order valence-electron chi connectivity index (χ3n) is 2.52. The molecular formula is C9H19N3O. The van der Waals surface area contributed by atoms with E-state index < -0.39 is 0 Å². The molecule has 1 atom stereocenters. The van der Waals surface area contributed by atoms with Gasteiger partial charge in [0.05, 0.1) is 0 Å². The summed E-state index contributed by atoms with van der Waals surface area (Å²) in [6.07, 6.45) is 3.43. The normalized spacial score (nSPS) is 24.4. The Kier molecular flexibility index (Phi) is 3.39. The van der Waals surface area contributed by atoms with Crippen LogP contribution in [0, 0.1) is 5.92 Å². The fourth-order valence-corrected chi connectivity index (χ4v) is 1.98. The van der Waals surface area contributed by atoms with E-state index in [0.717, 1.165) is 25.8 Å². The zero-order valence-electron chi connectivity index (χ0n) is 8.40. The third kappa shape index (κ3) is 2.50. The van der Waals surface area contributed by atoms with Crippen LogP contribution in [0.5, 0.6) is 0 Å². The lowest BCUT2D eigenvalue weighted by molar-refractivity contribution is 0.280. The van der Waals surface area contributed by atoms with Gasteiger partial charge in [0.2, 0.25) is 5.96 Å². The second-order valence-electron chi connectivity index (χ2n) is 4.08. The summed E-state index contributed by atoms with van der Waals surface area (Å²) >= 11 is 0. The number of rotatable bonds is 2. The molecule has 4 heteroatoms. The van der Waals surface area contributed by atoms with Gasteiger partial charge in [0.15, 0.2) is 0 Å². The largest absolute Gasteiger partial charge is 0.408 e. The first-order chi connectivity index (χ1) is 6.15. The molecule has 1 rings (SSSR count). The Morgan fingerprint density at radius 2 is 2.38 bits per heavy atom. The molecule has 1 heterocycles. The Labute approximate surface area is 79.4 Å². The Morgan fingerprint density at radius 1 is 1.69 bits per heavy atom. The van der Waals surface area contributed by atoms with Crippen LogP contribution < -0.4 is 5.73 Å². The van der Waals surface area contributed by atoms with Crippen LogP contribution in [0.4, 0.5) is 0 Å². The van der Waals surface area contributed by atoms with Crippen LogP contribution in [0.3, 0.4) is 0 Å². The molecule has 0 bridgehead atoms. The van der Waals surface area contributed by atoms with Gasteiger partial charge in [0, 0.05) is 12.6 Å². The summed E-state index contributed by atoms with van der Waals surface area (Å²) in [7, 11) is 0. The number of nitrogens with zero attached hydrogens (tertiary/aromatic N) is 2. The van der Waals surface area contributed by atoms with Crippen LogP contribution in [0.1, 0.15) is 33.1 Å². The van der Waals surface area contributed by atoms with Gasteiger partial charge in [-0.3, -0.25) is 0 Å². The summed E-state index contributed by atoms with van der Waals surface area (Å²) in [4.78, 5) is 2.00. The first-order valence-corrected chi connectivity index (χ1v) is 4.89. The molecule has 1 aliphatic rings. The fourth-order valence-electron chi connectivity index (χ4n) is 1.98. The molecule has 1 saturated heterocycles. The molecular weight excluding hydrogens is 166 g/mol. The molecule has 76 valence electrons. The van der Waals surface area contributed by atoms with Crippen molar-refractivity contribution >= 4 is 5.96 Å². The van der Waals surface area contributed by atoms with E-state index in [4.69, 9.17) is 10.9 Å². The fraction of sp³-hybridized carbons (Fsp3) is 0.889. The lowest BCUT2D eigenvalue weighted by Gasteiger charge is -2.25. The van der Waals surface area contributed by atoms with Gasteiger partial charge in [-0.05, 0) is 25.2 Å². The summed E-state index contributed by atoms with van der Waals surface area (Å²) in [6, 6.07) is 0.468. The van der Waals surface area contributed by atoms with E-state index >= 15 is 0 Å². The molecule has 0 aliphatic carbocycles. The summed E-state index contributed by atoms with van der Waals surface area (Å²) < 4.78 is 0. The summed E-state index contributed by atoms with van der Waals surface area (Å²) in [5.41, 5.74) is 5.57. The van der Waals surface area contributed by atoms with Crippen LogP contribution in [-0.2, 0) is 0 Å². The van der Waals surface area contributed by atoms with E-state index in [-0.39, 0.29) is 5.96 Å². The Hall–Kier alpha value is -0.930. The highest BCUT2D eigenvalue weighted by atomic mass is 16.4. The van der Waals surface area contributed by atoms with Crippen molar-refractivity contribution in [3.05, 3.63) is 0 Å². The van der Waals surface area contributed by atoms with Crippen molar-refractivity contribution in [2.75, 3.05) is 6.54 Å². The highest BCUT2D eigenvalue weighted by Gasteiger charge is 2.26. The zero-order valence-corrected chi connectivity index (χ0v) is 8.40. The van der Waals surface area contributed by atoms with Crippen molar-refractivity contribution in [2.24, 2.45) is 16.8 Å². The van der Waals surface area contributed by atoms with Crippen molar-refractivity contribution in [1.82, 2.24) is 4.90 Å². The van der Waals surface area contributed by atoms with Gasteiger partial charge < -0.3 is 15.8 Å². The molecule has 0 spiro atoms. The quantitative estimate of drug-likeness (QED) is 0.294. The standard InChI is InChI=1S/C9H19N3O/c1-7(2)6-8-4-3-5-12(8)9(10)11-13/h7-8,13H,3-6H2,1-2H3,(H2,10,11). The average molecular weight is 185 g/mol. The van der Waals surface area contributed by atoms with Crippen molar-refractivity contribution in [3.8, 4) is 0 Å². The van der Waals surface area contributed by atoms with Gasteiger partial charge in [-0.1, -0.05) is 19.0 Å². The molecule has 3 N–H and O–H groups in total. The highest BCUT2D eigenvalue weighted by molar-refractivity contribution is 5.77. The molecule has 4 nitrogen and oxygen atoms in total. The summed E-state index contributed by atoms with van der Waals surface area (Å²) in [5.74, 6) is 0.931. The van der Waals surface area contributed by atoms with E-state index in [0.29, 0.717) is 12.0 Å². The minimum Gasteiger partial charge on any atom is -0.408 e. The maximum atomic E-state index is 8.57. The number of hydrogen-bond acceptors (Lipinski definition) is 2.